The van der Waals surface area contributed by atoms with Crippen molar-refractivity contribution in [2.75, 3.05) is 0 Å². The van der Waals surface area contributed by atoms with Crippen LogP contribution in [0.3, 0.4) is 0 Å². The zero-order valence-electron chi connectivity index (χ0n) is 13.6. The summed E-state index contributed by atoms with van der Waals surface area (Å²) in [5, 5.41) is 13.5. The van der Waals surface area contributed by atoms with Crippen LogP contribution in [0, 0.1) is 0 Å². The molecule has 2 N–H and O–H groups in total. The number of hydrogen-bond acceptors (Lipinski definition) is 5. The Morgan fingerprint density at radius 3 is 2.44 bits per heavy atom. The number of aromatic nitrogens is 2. The Morgan fingerprint density at radius 1 is 1.16 bits per heavy atom. The minimum Gasteiger partial charge on any atom is -0.460 e. The van der Waals surface area contributed by atoms with E-state index in [1.54, 1.807) is 24.3 Å². The van der Waals surface area contributed by atoms with Gasteiger partial charge in [-0.1, -0.05) is 41.9 Å². The van der Waals surface area contributed by atoms with Gasteiger partial charge in [-0.2, -0.15) is 0 Å². The molecule has 3 rings (SSSR count). The standard InChI is InChI=1S/C18H20ClN3O3/c19-13-10-20-18(21-11-13)25-15-8-6-14(7-9-15)22-17(24)16(23)12-4-2-1-3-5-12/h1-5,10-11,14-16,23H,6-9H2,(H,22,24). The van der Waals surface area contributed by atoms with Crippen LogP contribution in [-0.2, 0) is 4.79 Å². The molecule has 1 aromatic heterocycles. The van der Waals surface area contributed by atoms with E-state index in [1.807, 2.05) is 6.07 Å². The molecule has 0 saturated heterocycles. The second kappa shape index (κ2) is 8.27. The molecule has 132 valence electrons. The molecule has 2 aromatic rings. The summed E-state index contributed by atoms with van der Waals surface area (Å²) < 4.78 is 5.74. The normalized spacial score (nSPS) is 21.4. The van der Waals surface area contributed by atoms with Gasteiger partial charge in [-0.3, -0.25) is 4.79 Å². The Kier molecular flexibility index (Phi) is 5.83. The monoisotopic (exact) mass is 361 g/mol. The third-order valence-corrected chi connectivity index (χ3v) is 4.45. The van der Waals surface area contributed by atoms with Crippen molar-refractivity contribution in [1.29, 1.82) is 0 Å². The third-order valence-electron chi connectivity index (χ3n) is 4.25. The molecule has 0 radical (unpaired) electrons. The molecule has 1 aliphatic rings. The van der Waals surface area contributed by atoms with E-state index in [2.05, 4.69) is 15.3 Å². The molecule has 7 heteroatoms. The largest absolute Gasteiger partial charge is 0.460 e. The van der Waals surface area contributed by atoms with Crippen LogP contribution in [0.2, 0.25) is 5.02 Å². The second-order valence-electron chi connectivity index (χ2n) is 6.10. The lowest BCUT2D eigenvalue weighted by atomic mass is 9.92. The van der Waals surface area contributed by atoms with E-state index in [1.165, 1.54) is 12.4 Å². The number of carbonyl (C=O) groups excluding carboxylic acids is 1. The van der Waals surface area contributed by atoms with Crippen LogP contribution in [0.25, 0.3) is 0 Å². The fourth-order valence-electron chi connectivity index (χ4n) is 2.90. The van der Waals surface area contributed by atoms with Crippen molar-refractivity contribution in [1.82, 2.24) is 15.3 Å². The highest BCUT2D eigenvalue weighted by molar-refractivity contribution is 6.30. The molecule has 6 nitrogen and oxygen atoms in total. The fourth-order valence-corrected chi connectivity index (χ4v) is 3.00. The Hall–Kier alpha value is -2.18. The maximum absolute atomic E-state index is 12.2. The van der Waals surface area contributed by atoms with Gasteiger partial charge in [-0.05, 0) is 31.2 Å². The first kappa shape index (κ1) is 17.6. The number of benzene rings is 1. The van der Waals surface area contributed by atoms with E-state index in [9.17, 15) is 9.90 Å². The van der Waals surface area contributed by atoms with Crippen LogP contribution < -0.4 is 10.1 Å². The van der Waals surface area contributed by atoms with Crippen molar-refractivity contribution < 1.29 is 14.6 Å². The van der Waals surface area contributed by atoms with Gasteiger partial charge in [0.1, 0.15) is 6.10 Å². The number of nitrogens with zero attached hydrogens (tertiary/aromatic N) is 2. The molecule has 1 saturated carbocycles. The first-order valence-corrected chi connectivity index (χ1v) is 8.67. The number of aliphatic hydroxyl groups is 1. The molecule has 25 heavy (non-hydrogen) atoms. The molecule has 1 aromatic carbocycles. The SMILES string of the molecule is O=C(NC1CCC(Oc2ncc(Cl)cn2)CC1)C(O)c1ccccc1. The van der Waals surface area contributed by atoms with Gasteiger partial charge in [-0.25, -0.2) is 9.97 Å². The van der Waals surface area contributed by atoms with Crippen LogP contribution in [0.5, 0.6) is 6.01 Å². The van der Waals surface area contributed by atoms with Gasteiger partial charge in [0.25, 0.3) is 5.91 Å². The Morgan fingerprint density at radius 2 is 1.80 bits per heavy atom. The quantitative estimate of drug-likeness (QED) is 0.855. The van der Waals surface area contributed by atoms with Gasteiger partial charge in [0.05, 0.1) is 17.4 Å². The molecule has 0 aliphatic heterocycles. The van der Waals surface area contributed by atoms with Crippen LogP contribution in [-0.4, -0.2) is 33.1 Å². The van der Waals surface area contributed by atoms with E-state index < -0.39 is 6.10 Å². The first-order chi connectivity index (χ1) is 12.1. The van der Waals surface area contributed by atoms with Gasteiger partial charge in [0.15, 0.2) is 6.10 Å². The third kappa shape index (κ3) is 4.90. The highest BCUT2D eigenvalue weighted by Gasteiger charge is 2.26. The average Bonchev–Trinajstić information content (AvgIpc) is 2.65. The Balaban J connectivity index is 1.46. The van der Waals surface area contributed by atoms with Crippen molar-refractivity contribution in [2.45, 2.75) is 43.9 Å². The average molecular weight is 362 g/mol. The minimum atomic E-state index is -1.14. The van der Waals surface area contributed by atoms with E-state index in [-0.39, 0.29) is 18.1 Å². The Bertz CT molecular complexity index is 688. The predicted octanol–water partition coefficient (Wildman–Crippen LogP) is 2.67. The van der Waals surface area contributed by atoms with E-state index in [0.29, 0.717) is 16.6 Å². The number of hydrogen-bond donors (Lipinski definition) is 2. The van der Waals surface area contributed by atoms with Crippen molar-refractivity contribution in [3.05, 3.63) is 53.3 Å². The summed E-state index contributed by atoms with van der Waals surface area (Å²) in [6.45, 7) is 0. The molecule has 1 amide bonds. The topological polar surface area (TPSA) is 84.3 Å². The summed E-state index contributed by atoms with van der Waals surface area (Å²) in [5.41, 5.74) is 0.594. The lowest BCUT2D eigenvalue weighted by molar-refractivity contribution is -0.130. The molecule has 0 spiro atoms. The summed E-state index contributed by atoms with van der Waals surface area (Å²) in [6, 6.07) is 9.27. The van der Waals surface area contributed by atoms with Gasteiger partial charge in [0, 0.05) is 6.04 Å². The lowest BCUT2D eigenvalue weighted by Gasteiger charge is -2.29. The number of rotatable bonds is 5. The summed E-state index contributed by atoms with van der Waals surface area (Å²) >= 11 is 5.75. The lowest BCUT2D eigenvalue weighted by Crippen LogP contribution is -2.41. The summed E-state index contributed by atoms with van der Waals surface area (Å²) in [7, 11) is 0. The molecule has 0 bridgehead atoms. The maximum atomic E-state index is 12.2. The second-order valence-corrected chi connectivity index (χ2v) is 6.53. The predicted molar refractivity (Wildman–Crippen MR) is 93.3 cm³/mol. The molecule has 1 atom stereocenters. The van der Waals surface area contributed by atoms with Crippen LogP contribution in [0.1, 0.15) is 37.4 Å². The molecule has 1 fully saturated rings. The number of halogens is 1. The van der Waals surface area contributed by atoms with E-state index in [0.717, 1.165) is 25.7 Å². The summed E-state index contributed by atoms with van der Waals surface area (Å²) in [6.07, 6.45) is 5.03. The van der Waals surface area contributed by atoms with Crippen LogP contribution in [0.15, 0.2) is 42.7 Å². The first-order valence-electron chi connectivity index (χ1n) is 8.29. The van der Waals surface area contributed by atoms with Crippen molar-refractivity contribution in [3.8, 4) is 6.01 Å². The fraction of sp³-hybridized carbons (Fsp3) is 0.389. The minimum absolute atomic E-state index is 0.0216. The van der Waals surface area contributed by atoms with Crippen molar-refractivity contribution in [2.24, 2.45) is 0 Å². The van der Waals surface area contributed by atoms with E-state index in [4.69, 9.17) is 16.3 Å². The highest BCUT2D eigenvalue weighted by atomic mass is 35.5. The highest BCUT2D eigenvalue weighted by Crippen LogP contribution is 2.23. The van der Waals surface area contributed by atoms with Crippen molar-refractivity contribution in [3.63, 3.8) is 0 Å². The molecule has 1 unspecified atom stereocenters. The zero-order chi connectivity index (χ0) is 17.6. The number of amides is 1. The molecular weight excluding hydrogens is 342 g/mol. The van der Waals surface area contributed by atoms with E-state index >= 15 is 0 Å². The van der Waals surface area contributed by atoms with Crippen LogP contribution >= 0.6 is 11.6 Å². The molecule has 1 aliphatic carbocycles. The van der Waals surface area contributed by atoms with Gasteiger partial charge < -0.3 is 15.2 Å². The summed E-state index contributed by atoms with van der Waals surface area (Å²) in [5.74, 6) is -0.364. The number of carbonyl (C=O) groups is 1. The van der Waals surface area contributed by atoms with Gasteiger partial charge in [0.2, 0.25) is 0 Å². The number of aliphatic hydroxyl groups excluding tert-OH is 1. The number of ether oxygens (including phenoxy) is 1. The molecular formula is C18H20ClN3O3. The molecule has 1 heterocycles. The maximum Gasteiger partial charge on any atom is 0.316 e. The summed E-state index contributed by atoms with van der Waals surface area (Å²) in [4.78, 5) is 20.2. The zero-order valence-corrected chi connectivity index (χ0v) is 14.4. The number of nitrogens with one attached hydrogen (secondary N) is 1. The smallest absolute Gasteiger partial charge is 0.316 e. The van der Waals surface area contributed by atoms with Gasteiger partial charge in [-0.15, -0.1) is 0 Å². The Labute approximate surface area is 151 Å². The van der Waals surface area contributed by atoms with Crippen molar-refractivity contribution >= 4 is 17.5 Å². The van der Waals surface area contributed by atoms with Gasteiger partial charge >= 0.3 is 6.01 Å². The van der Waals surface area contributed by atoms with Crippen LogP contribution in [0.4, 0.5) is 0 Å².